The topological polar surface area (TPSA) is 44.8 Å². The molecule has 0 atom stereocenters. The Morgan fingerprint density at radius 3 is 2.31 bits per heavy atom. The van der Waals surface area contributed by atoms with E-state index in [-0.39, 0.29) is 0 Å². The summed E-state index contributed by atoms with van der Waals surface area (Å²) in [5, 5.41) is 1.30. The lowest BCUT2D eigenvalue weighted by molar-refractivity contribution is -0.130. The number of halogens is 3. The Bertz CT molecular complexity index is 1220. The van der Waals surface area contributed by atoms with Crippen LogP contribution < -0.4 is 9.47 Å². The minimum Gasteiger partial charge on any atom is -0.493 e. The molecule has 0 saturated carbocycles. The number of ether oxygens (including phenoxy) is 3. The van der Waals surface area contributed by atoms with Crippen molar-refractivity contribution in [3.05, 3.63) is 103 Å². The van der Waals surface area contributed by atoms with Crippen LogP contribution in [0.15, 0.2) is 72.3 Å². The van der Waals surface area contributed by atoms with E-state index in [4.69, 9.17) is 37.4 Å². The highest BCUT2D eigenvalue weighted by molar-refractivity contribution is 14.1. The number of methoxy groups -OCH3 is 1. The SMILES string of the molecule is COc1cc(/C=C2\C=C(c3ccc(Cl)cc3)OC2=O)cc(I)c1OCc1ccc(Cl)cc1. The first-order chi connectivity index (χ1) is 15.4. The summed E-state index contributed by atoms with van der Waals surface area (Å²) in [6, 6.07) is 18.4. The Morgan fingerprint density at radius 1 is 1.00 bits per heavy atom. The molecule has 0 N–H and O–H groups in total. The average molecular weight is 579 g/mol. The molecular weight excluding hydrogens is 562 g/mol. The van der Waals surface area contributed by atoms with E-state index < -0.39 is 5.97 Å². The van der Waals surface area contributed by atoms with Crippen LogP contribution in [-0.4, -0.2) is 13.1 Å². The molecule has 0 bridgehead atoms. The third-order valence-corrected chi connectivity index (χ3v) is 6.03. The highest BCUT2D eigenvalue weighted by Gasteiger charge is 2.22. The molecule has 0 unspecified atom stereocenters. The monoisotopic (exact) mass is 578 g/mol. The molecule has 0 saturated heterocycles. The third kappa shape index (κ3) is 5.28. The first-order valence-electron chi connectivity index (χ1n) is 9.59. The van der Waals surface area contributed by atoms with Crippen LogP contribution in [0.3, 0.4) is 0 Å². The van der Waals surface area contributed by atoms with Gasteiger partial charge in [-0.05, 0) is 94.4 Å². The smallest absolute Gasteiger partial charge is 0.343 e. The van der Waals surface area contributed by atoms with E-state index in [1.54, 1.807) is 31.4 Å². The van der Waals surface area contributed by atoms with E-state index in [0.717, 1.165) is 20.3 Å². The standard InChI is InChI=1S/C25H17Cl2IO4/c1-30-23-12-16(11-21(28)24(23)31-14-15-2-6-19(26)7-3-15)10-18-13-22(32-25(18)29)17-4-8-20(27)9-5-17/h2-13H,14H2,1H3/b18-10+. The van der Waals surface area contributed by atoms with E-state index in [1.807, 2.05) is 48.5 Å². The molecule has 0 radical (unpaired) electrons. The van der Waals surface area contributed by atoms with Crippen molar-refractivity contribution in [3.8, 4) is 11.5 Å². The lowest BCUT2D eigenvalue weighted by Crippen LogP contribution is -2.01. The molecule has 0 spiro atoms. The molecule has 0 amide bonds. The van der Waals surface area contributed by atoms with Crippen molar-refractivity contribution in [1.82, 2.24) is 0 Å². The van der Waals surface area contributed by atoms with Gasteiger partial charge in [-0.2, -0.15) is 0 Å². The van der Waals surface area contributed by atoms with E-state index in [1.165, 1.54) is 0 Å². The number of rotatable bonds is 6. The summed E-state index contributed by atoms with van der Waals surface area (Å²) in [5.41, 5.74) is 3.02. The summed E-state index contributed by atoms with van der Waals surface area (Å²) in [5.74, 6) is 1.29. The van der Waals surface area contributed by atoms with Crippen LogP contribution in [0.2, 0.25) is 10.0 Å². The molecule has 4 nitrogen and oxygen atoms in total. The maximum Gasteiger partial charge on any atom is 0.343 e. The minimum absolute atomic E-state index is 0.378. The van der Waals surface area contributed by atoms with Gasteiger partial charge in [-0.3, -0.25) is 0 Å². The number of esters is 1. The fourth-order valence-corrected chi connectivity index (χ4v) is 4.16. The Labute approximate surface area is 209 Å². The van der Waals surface area contributed by atoms with Crippen LogP contribution in [0.4, 0.5) is 0 Å². The van der Waals surface area contributed by atoms with Gasteiger partial charge in [0.1, 0.15) is 12.4 Å². The van der Waals surface area contributed by atoms with Gasteiger partial charge in [-0.25, -0.2) is 4.79 Å². The second kappa shape index (κ2) is 9.98. The molecule has 3 aromatic rings. The Kier molecular flexibility index (Phi) is 7.08. The molecular formula is C25H17Cl2IO4. The van der Waals surface area contributed by atoms with Crippen LogP contribution >= 0.6 is 45.8 Å². The average Bonchev–Trinajstić information content (AvgIpc) is 3.14. The lowest BCUT2D eigenvalue weighted by Gasteiger charge is -2.14. The van der Waals surface area contributed by atoms with Crippen LogP contribution in [0.25, 0.3) is 11.8 Å². The van der Waals surface area contributed by atoms with Gasteiger partial charge < -0.3 is 14.2 Å². The number of cyclic esters (lactones) is 1. The zero-order valence-corrected chi connectivity index (χ0v) is 20.6. The molecule has 1 aliphatic heterocycles. The highest BCUT2D eigenvalue weighted by Crippen LogP contribution is 2.36. The Morgan fingerprint density at radius 2 is 1.66 bits per heavy atom. The first kappa shape index (κ1) is 22.7. The lowest BCUT2D eigenvalue weighted by atomic mass is 10.1. The summed E-state index contributed by atoms with van der Waals surface area (Å²) in [6.07, 6.45) is 3.48. The van der Waals surface area contributed by atoms with Crippen LogP contribution in [0, 0.1) is 3.57 Å². The number of carbonyl (C=O) groups is 1. The molecule has 3 aromatic carbocycles. The predicted molar refractivity (Wildman–Crippen MR) is 135 cm³/mol. The molecule has 1 aliphatic rings. The fourth-order valence-electron chi connectivity index (χ4n) is 3.12. The summed E-state index contributed by atoms with van der Waals surface area (Å²) in [7, 11) is 1.58. The van der Waals surface area contributed by atoms with Gasteiger partial charge in [0.25, 0.3) is 0 Å². The second-order valence-corrected chi connectivity index (χ2v) is 8.99. The van der Waals surface area contributed by atoms with Crippen LogP contribution in [0.5, 0.6) is 11.5 Å². The quantitative estimate of drug-likeness (QED) is 0.177. The van der Waals surface area contributed by atoms with E-state index in [0.29, 0.717) is 39.5 Å². The van der Waals surface area contributed by atoms with E-state index >= 15 is 0 Å². The molecule has 0 aliphatic carbocycles. The van der Waals surface area contributed by atoms with Crippen molar-refractivity contribution in [3.63, 3.8) is 0 Å². The fraction of sp³-hybridized carbons (Fsp3) is 0.0800. The predicted octanol–water partition coefficient (Wildman–Crippen LogP) is 7.17. The van der Waals surface area contributed by atoms with Crippen molar-refractivity contribution in [2.24, 2.45) is 0 Å². The Hall–Kier alpha value is -2.48. The Balaban J connectivity index is 1.58. The zero-order valence-electron chi connectivity index (χ0n) is 16.9. The molecule has 1 heterocycles. The summed E-state index contributed by atoms with van der Waals surface area (Å²) < 4.78 is 17.8. The van der Waals surface area contributed by atoms with Crippen molar-refractivity contribution < 1.29 is 19.0 Å². The number of benzene rings is 3. The molecule has 7 heteroatoms. The van der Waals surface area contributed by atoms with Gasteiger partial charge in [0.05, 0.1) is 16.3 Å². The summed E-state index contributed by atoms with van der Waals surface area (Å²) in [4.78, 5) is 12.4. The van der Waals surface area contributed by atoms with Crippen molar-refractivity contribution in [2.45, 2.75) is 6.61 Å². The maximum absolute atomic E-state index is 12.4. The summed E-state index contributed by atoms with van der Waals surface area (Å²) >= 11 is 14.1. The van der Waals surface area contributed by atoms with Crippen molar-refractivity contribution >= 4 is 63.6 Å². The van der Waals surface area contributed by atoms with Gasteiger partial charge in [-0.15, -0.1) is 0 Å². The summed E-state index contributed by atoms with van der Waals surface area (Å²) in [6.45, 7) is 0.378. The molecule has 0 fully saturated rings. The number of hydrogen-bond donors (Lipinski definition) is 0. The van der Waals surface area contributed by atoms with E-state index in [9.17, 15) is 4.79 Å². The molecule has 162 valence electrons. The second-order valence-electron chi connectivity index (χ2n) is 6.95. The van der Waals surface area contributed by atoms with Crippen LogP contribution in [-0.2, 0) is 16.1 Å². The number of carbonyl (C=O) groups excluding carboxylic acids is 1. The van der Waals surface area contributed by atoms with Gasteiger partial charge in [-0.1, -0.05) is 35.3 Å². The zero-order chi connectivity index (χ0) is 22.7. The van der Waals surface area contributed by atoms with E-state index in [2.05, 4.69) is 22.6 Å². The highest BCUT2D eigenvalue weighted by atomic mass is 127. The van der Waals surface area contributed by atoms with Gasteiger partial charge >= 0.3 is 5.97 Å². The molecule has 4 rings (SSSR count). The number of hydrogen-bond acceptors (Lipinski definition) is 4. The largest absolute Gasteiger partial charge is 0.493 e. The van der Waals surface area contributed by atoms with Gasteiger partial charge in [0.2, 0.25) is 0 Å². The first-order valence-corrected chi connectivity index (χ1v) is 11.4. The van der Waals surface area contributed by atoms with Crippen molar-refractivity contribution in [1.29, 1.82) is 0 Å². The molecule has 32 heavy (non-hydrogen) atoms. The van der Waals surface area contributed by atoms with Crippen LogP contribution in [0.1, 0.15) is 16.7 Å². The van der Waals surface area contributed by atoms with Gasteiger partial charge in [0.15, 0.2) is 11.5 Å². The third-order valence-electron chi connectivity index (χ3n) is 4.72. The normalized spacial score (nSPS) is 14.3. The van der Waals surface area contributed by atoms with Gasteiger partial charge in [0, 0.05) is 15.6 Å². The molecule has 0 aromatic heterocycles. The maximum atomic E-state index is 12.4. The minimum atomic E-state index is -0.410. The van der Waals surface area contributed by atoms with Crippen molar-refractivity contribution in [2.75, 3.05) is 7.11 Å².